The first-order chi connectivity index (χ1) is 6.53. The summed E-state index contributed by atoms with van der Waals surface area (Å²) in [4.78, 5) is 2.35. The fourth-order valence-electron chi connectivity index (χ4n) is 1.90. The van der Waals surface area contributed by atoms with Crippen LogP contribution in [-0.2, 0) is 0 Å². The average Bonchev–Trinajstić information content (AvgIpc) is 2.15. The second-order valence-electron chi connectivity index (χ2n) is 4.60. The predicted octanol–water partition coefficient (Wildman–Crippen LogP) is 2.72. The van der Waals surface area contributed by atoms with Crippen LogP contribution in [0.4, 0.5) is 11.4 Å². The number of hydrogen-bond acceptors (Lipinski definition) is 2. The number of nitrogens with one attached hydrogen (secondary N) is 1. The monoisotopic (exact) mass is 190 g/mol. The highest BCUT2D eigenvalue weighted by molar-refractivity contribution is 5.73. The third kappa shape index (κ3) is 1.17. The molecule has 1 aliphatic heterocycles. The third-order valence-corrected chi connectivity index (χ3v) is 3.56. The summed E-state index contributed by atoms with van der Waals surface area (Å²) in [7, 11) is 2.16. The van der Waals surface area contributed by atoms with Gasteiger partial charge in [-0.3, -0.25) is 0 Å². The molecular formula is C12H18N2. The fourth-order valence-corrected chi connectivity index (χ4v) is 1.90. The van der Waals surface area contributed by atoms with Crippen LogP contribution in [0.2, 0.25) is 0 Å². The zero-order chi connectivity index (χ0) is 10.3. The summed E-state index contributed by atoms with van der Waals surface area (Å²) >= 11 is 0. The molecule has 14 heavy (non-hydrogen) atoms. The normalized spacial score (nSPS) is 24.0. The van der Waals surface area contributed by atoms with Gasteiger partial charge in [-0.15, -0.1) is 0 Å². The van der Waals surface area contributed by atoms with Crippen LogP contribution in [0.1, 0.15) is 20.8 Å². The summed E-state index contributed by atoms with van der Waals surface area (Å²) in [6, 6.07) is 8.92. The zero-order valence-corrected chi connectivity index (χ0v) is 9.33. The molecule has 0 radical (unpaired) electrons. The Bertz CT molecular complexity index is 344. The highest BCUT2D eigenvalue weighted by Gasteiger charge is 2.35. The lowest BCUT2D eigenvalue weighted by molar-refractivity contribution is 0.420. The van der Waals surface area contributed by atoms with Gasteiger partial charge < -0.3 is 10.2 Å². The van der Waals surface area contributed by atoms with Gasteiger partial charge in [0.25, 0.3) is 0 Å². The van der Waals surface area contributed by atoms with E-state index >= 15 is 0 Å². The standard InChI is InChI=1S/C12H18N2/c1-9-12(2,3)14(4)11-8-6-5-7-10(11)13-9/h5-9,13H,1-4H3. The van der Waals surface area contributed by atoms with Crippen LogP contribution in [0.3, 0.4) is 0 Å². The van der Waals surface area contributed by atoms with E-state index in [0.717, 1.165) is 0 Å². The van der Waals surface area contributed by atoms with Crippen LogP contribution in [-0.4, -0.2) is 18.6 Å². The van der Waals surface area contributed by atoms with E-state index < -0.39 is 0 Å². The van der Waals surface area contributed by atoms with Gasteiger partial charge in [0.05, 0.1) is 16.9 Å². The van der Waals surface area contributed by atoms with Gasteiger partial charge in [0, 0.05) is 13.1 Å². The minimum atomic E-state index is 0.161. The lowest BCUT2D eigenvalue weighted by Gasteiger charge is -2.47. The molecule has 0 bridgehead atoms. The Labute approximate surface area is 85.9 Å². The Balaban J connectivity index is 2.49. The quantitative estimate of drug-likeness (QED) is 0.676. The summed E-state index contributed by atoms with van der Waals surface area (Å²) < 4.78 is 0. The van der Waals surface area contributed by atoms with Crippen LogP contribution in [0.15, 0.2) is 24.3 Å². The van der Waals surface area contributed by atoms with E-state index in [1.54, 1.807) is 0 Å². The minimum Gasteiger partial charge on any atom is -0.379 e. The van der Waals surface area contributed by atoms with E-state index in [-0.39, 0.29) is 5.54 Å². The van der Waals surface area contributed by atoms with Crippen molar-refractivity contribution in [3.05, 3.63) is 24.3 Å². The van der Waals surface area contributed by atoms with E-state index in [2.05, 4.69) is 62.3 Å². The topological polar surface area (TPSA) is 15.3 Å². The highest BCUT2D eigenvalue weighted by Crippen LogP contribution is 2.37. The van der Waals surface area contributed by atoms with Crippen LogP contribution in [0.25, 0.3) is 0 Å². The van der Waals surface area contributed by atoms with E-state index in [1.807, 2.05) is 0 Å². The molecule has 1 atom stereocenters. The molecule has 2 nitrogen and oxygen atoms in total. The molecular weight excluding hydrogens is 172 g/mol. The van der Waals surface area contributed by atoms with Crippen molar-refractivity contribution >= 4 is 11.4 Å². The van der Waals surface area contributed by atoms with Gasteiger partial charge in [-0.05, 0) is 32.9 Å². The van der Waals surface area contributed by atoms with E-state index in [9.17, 15) is 0 Å². The summed E-state index contributed by atoms with van der Waals surface area (Å²) in [6.07, 6.45) is 0. The first-order valence-corrected chi connectivity index (χ1v) is 5.13. The number of hydrogen-bond donors (Lipinski definition) is 1. The molecule has 1 aromatic carbocycles. The SMILES string of the molecule is CC1Nc2ccccc2N(C)C1(C)C. The number of fused-ring (bicyclic) bond motifs is 1. The number of anilines is 2. The van der Waals surface area contributed by atoms with Crippen molar-refractivity contribution in [2.24, 2.45) is 0 Å². The van der Waals surface area contributed by atoms with Crippen molar-refractivity contribution in [3.8, 4) is 0 Å². The molecule has 0 amide bonds. The maximum Gasteiger partial charge on any atom is 0.0604 e. The molecule has 76 valence electrons. The lowest BCUT2D eigenvalue weighted by atomic mass is 9.90. The van der Waals surface area contributed by atoms with Crippen molar-refractivity contribution in [2.45, 2.75) is 32.4 Å². The summed E-state index contributed by atoms with van der Waals surface area (Å²) in [5.74, 6) is 0. The fraction of sp³-hybridized carbons (Fsp3) is 0.500. The molecule has 0 saturated heterocycles. The summed E-state index contributed by atoms with van der Waals surface area (Å²) in [5, 5.41) is 3.54. The third-order valence-electron chi connectivity index (χ3n) is 3.56. The second-order valence-corrected chi connectivity index (χ2v) is 4.60. The Morgan fingerprint density at radius 3 is 2.64 bits per heavy atom. The Morgan fingerprint density at radius 1 is 1.29 bits per heavy atom. The molecule has 2 rings (SSSR count). The Hall–Kier alpha value is -1.18. The number of nitrogens with zero attached hydrogens (tertiary/aromatic N) is 1. The number of benzene rings is 1. The highest BCUT2D eigenvalue weighted by atomic mass is 15.2. The van der Waals surface area contributed by atoms with E-state index in [1.165, 1.54) is 11.4 Å². The second kappa shape index (κ2) is 2.91. The first-order valence-electron chi connectivity index (χ1n) is 5.13. The molecule has 1 aliphatic rings. The van der Waals surface area contributed by atoms with Gasteiger partial charge in [0.2, 0.25) is 0 Å². The van der Waals surface area contributed by atoms with Crippen LogP contribution >= 0.6 is 0 Å². The number of rotatable bonds is 0. The zero-order valence-electron chi connectivity index (χ0n) is 9.33. The van der Waals surface area contributed by atoms with Crippen molar-refractivity contribution in [2.75, 3.05) is 17.3 Å². The van der Waals surface area contributed by atoms with Gasteiger partial charge in [-0.2, -0.15) is 0 Å². The molecule has 2 heteroatoms. The molecule has 0 aromatic heterocycles. The van der Waals surface area contributed by atoms with Crippen molar-refractivity contribution in [1.29, 1.82) is 0 Å². The van der Waals surface area contributed by atoms with Gasteiger partial charge >= 0.3 is 0 Å². The molecule has 0 fully saturated rings. The maximum atomic E-state index is 3.54. The molecule has 0 aliphatic carbocycles. The number of para-hydroxylation sites is 2. The molecule has 1 N–H and O–H groups in total. The molecule has 0 spiro atoms. The van der Waals surface area contributed by atoms with Gasteiger partial charge in [0.1, 0.15) is 0 Å². The van der Waals surface area contributed by atoms with Crippen molar-refractivity contribution in [1.82, 2.24) is 0 Å². The largest absolute Gasteiger partial charge is 0.379 e. The predicted molar refractivity (Wildman–Crippen MR) is 62.0 cm³/mol. The van der Waals surface area contributed by atoms with E-state index in [4.69, 9.17) is 0 Å². The average molecular weight is 190 g/mol. The molecule has 1 aromatic rings. The smallest absolute Gasteiger partial charge is 0.0604 e. The Kier molecular flexibility index (Phi) is 1.95. The molecule has 1 heterocycles. The van der Waals surface area contributed by atoms with Gasteiger partial charge in [0.15, 0.2) is 0 Å². The minimum absolute atomic E-state index is 0.161. The maximum absolute atomic E-state index is 3.54. The summed E-state index contributed by atoms with van der Waals surface area (Å²) in [6.45, 7) is 6.76. The lowest BCUT2D eigenvalue weighted by Crippen LogP contribution is -2.55. The molecule has 1 unspecified atom stereocenters. The van der Waals surface area contributed by atoms with Crippen LogP contribution < -0.4 is 10.2 Å². The van der Waals surface area contributed by atoms with Gasteiger partial charge in [-0.1, -0.05) is 12.1 Å². The van der Waals surface area contributed by atoms with E-state index in [0.29, 0.717) is 6.04 Å². The molecule has 0 saturated carbocycles. The van der Waals surface area contributed by atoms with Crippen LogP contribution in [0, 0.1) is 0 Å². The van der Waals surface area contributed by atoms with Gasteiger partial charge in [-0.25, -0.2) is 0 Å². The van der Waals surface area contributed by atoms with Crippen molar-refractivity contribution < 1.29 is 0 Å². The first kappa shape index (κ1) is 9.38. The Morgan fingerprint density at radius 2 is 1.93 bits per heavy atom. The summed E-state index contributed by atoms with van der Waals surface area (Å²) in [5.41, 5.74) is 2.69. The number of likely N-dealkylation sites (N-methyl/N-ethyl adjacent to an activating group) is 1. The van der Waals surface area contributed by atoms with Crippen LogP contribution in [0.5, 0.6) is 0 Å². The van der Waals surface area contributed by atoms with Crippen molar-refractivity contribution in [3.63, 3.8) is 0 Å².